The summed E-state index contributed by atoms with van der Waals surface area (Å²) in [7, 11) is 0. The molecule has 5 rings (SSSR count). The second-order valence-electron chi connectivity index (χ2n) is 10.1. The number of rotatable bonds is 6. The molecule has 0 saturated heterocycles. The zero-order valence-corrected chi connectivity index (χ0v) is 33.6. The van der Waals surface area contributed by atoms with Gasteiger partial charge in [0.15, 0.2) is 0 Å². The summed E-state index contributed by atoms with van der Waals surface area (Å²) in [5, 5.41) is 25.1. The summed E-state index contributed by atoms with van der Waals surface area (Å²) in [6.07, 6.45) is 0.406. The van der Waals surface area contributed by atoms with Gasteiger partial charge in [-0.2, -0.15) is 0 Å². The molecule has 4 N–H and O–H groups in total. The molecule has 0 aliphatic heterocycles. The van der Waals surface area contributed by atoms with Crippen LogP contribution >= 0.6 is 36.9 Å². The monoisotopic (exact) mass is 941 g/mol. The van der Waals surface area contributed by atoms with Crippen molar-refractivity contribution in [1.82, 2.24) is 4.98 Å². The van der Waals surface area contributed by atoms with Gasteiger partial charge in [0.2, 0.25) is 5.91 Å². The summed E-state index contributed by atoms with van der Waals surface area (Å²) < 4.78 is 0. The molecule has 5 aromatic rings. The number of nitrogens with one attached hydrogen (secondary N) is 2. The number of nitro groups is 2. The number of benzene rings is 4. The zero-order chi connectivity index (χ0) is 35.4. The number of fused-ring (bicyclic) bond motifs is 1. The van der Waals surface area contributed by atoms with E-state index in [2.05, 4.69) is 59.0 Å². The van der Waals surface area contributed by atoms with Crippen molar-refractivity contribution in [2.24, 2.45) is 0 Å². The summed E-state index contributed by atoms with van der Waals surface area (Å²) in [5.41, 5.74) is 11.5. The number of aromatic nitrogens is 1. The molecule has 1 amide bonds. The van der Waals surface area contributed by atoms with Crippen LogP contribution < -0.4 is 11.1 Å². The van der Waals surface area contributed by atoms with Gasteiger partial charge in [-0.3, -0.25) is 29.8 Å². The number of aromatic amines is 1. The van der Waals surface area contributed by atoms with E-state index < -0.39 is 24.3 Å². The van der Waals surface area contributed by atoms with Gasteiger partial charge >= 0.3 is 51.3 Å². The molecule has 0 saturated carbocycles. The van der Waals surface area contributed by atoms with Gasteiger partial charge in [-0.05, 0) is 60.5 Å². The van der Waals surface area contributed by atoms with Crippen LogP contribution in [0.15, 0.2) is 91.0 Å². The number of halogens is 3. The maximum absolute atomic E-state index is 11.0. The van der Waals surface area contributed by atoms with E-state index in [1.807, 2.05) is 54.6 Å². The number of nitro benzene ring substituents is 2. The number of carbonyl (C=O) groups is 2. The van der Waals surface area contributed by atoms with E-state index in [4.69, 9.17) is 5.73 Å². The molecular formula is C33H27Br3InN5O6. The van der Waals surface area contributed by atoms with Crippen molar-refractivity contribution in [2.45, 2.75) is 20.3 Å². The molecule has 1 heterocycles. The van der Waals surface area contributed by atoms with Gasteiger partial charge in [-0.1, -0.05) is 36.1 Å². The minimum atomic E-state index is -1.20. The Balaban J connectivity index is 0.000000234. The molecule has 48 heavy (non-hydrogen) atoms. The van der Waals surface area contributed by atoms with Crippen LogP contribution in [-0.2, 0) is 16.0 Å². The first kappa shape index (κ1) is 38.5. The Kier molecular flexibility index (Phi) is 14.9. The number of ketones is 1. The average Bonchev–Trinajstić information content (AvgIpc) is 3.45. The fraction of sp³-hybridized carbons (Fsp3) is 0.0909. The van der Waals surface area contributed by atoms with Gasteiger partial charge in [-0.15, -0.1) is 0 Å². The molecule has 15 heteroatoms. The Morgan fingerprint density at radius 3 is 1.96 bits per heavy atom. The fourth-order valence-corrected chi connectivity index (χ4v) is 4.23. The summed E-state index contributed by atoms with van der Waals surface area (Å²) in [6, 6.07) is 25.6. The first-order valence-corrected chi connectivity index (χ1v) is 36.1. The Morgan fingerprint density at radius 2 is 1.42 bits per heavy atom. The normalized spacial score (nSPS) is 9.85. The summed E-state index contributed by atoms with van der Waals surface area (Å²) >= 11 is 8.74. The third-order valence-corrected chi connectivity index (χ3v) is 6.33. The van der Waals surface area contributed by atoms with Gasteiger partial charge in [0, 0.05) is 65.5 Å². The van der Waals surface area contributed by atoms with Gasteiger partial charge in [-0.25, -0.2) is 0 Å². The number of nitrogen functional groups attached to an aromatic ring is 1. The Bertz CT molecular complexity index is 2000. The number of Topliss-reactive ketones (excluding diaryl/α,β-unsaturated/α-hetero) is 1. The van der Waals surface area contributed by atoms with E-state index in [0.29, 0.717) is 12.0 Å². The zero-order valence-electron chi connectivity index (χ0n) is 25.5. The minimum absolute atomic E-state index is 0.0573. The van der Waals surface area contributed by atoms with Gasteiger partial charge in [0.05, 0.1) is 21.1 Å². The predicted molar refractivity (Wildman–Crippen MR) is 202 cm³/mol. The Labute approximate surface area is 301 Å². The predicted octanol–water partition coefficient (Wildman–Crippen LogP) is 8.57. The van der Waals surface area contributed by atoms with Crippen molar-refractivity contribution < 1.29 is 19.4 Å². The van der Waals surface area contributed by atoms with Crippen LogP contribution in [0.4, 0.5) is 22.7 Å². The Hall–Kier alpha value is -3.97. The molecule has 0 radical (unpaired) electrons. The molecule has 0 unspecified atom stereocenters. The molecule has 0 bridgehead atoms. The van der Waals surface area contributed by atoms with Crippen molar-refractivity contribution in [2.75, 3.05) is 11.1 Å². The second kappa shape index (κ2) is 18.5. The van der Waals surface area contributed by atoms with Crippen LogP contribution in [-0.4, -0.2) is 41.0 Å². The molecular weight excluding hydrogens is 917 g/mol. The van der Waals surface area contributed by atoms with Crippen LogP contribution in [0.3, 0.4) is 0 Å². The van der Waals surface area contributed by atoms with E-state index in [1.165, 1.54) is 37.3 Å². The molecule has 244 valence electrons. The molecule has 0 atom stereocenters. The van der Waals surface area contributed by atoms with Crippen molar-refractivity contribution in [3.8, 4) is 23.1 Å². The third kappa shape index (κ3) is 12.6. The standard InChI is InChI=1S/C17H14N2O3.C16H13N3O3.3BrH.In/c1-12(20)10-14-4-2-13(3-5-14)6-7-15-8-9-16(19(21)22)11-17(15)18;1-10(20)17-13-5-2-11(3-6-13)15-8-12-4-7-14(19(21)22)9-16(12)18-15;;;;/h2-5,8-9,11H,10,18H2,1H3;2-9,18H,1H3,(H,17,20);3*1H;/q;;;;;+3/p-3. The van der Waals surface area contributed by atoms with Gasteiger partial charge in [0.25, 0.3) is 11.4 Å². The number of carbonyl (C=O) groups excluding carboxylic acids is 2. The van der Waals surface area contributed by atoms with E-state index in [-0.39, 0.29) is 28.8 Å². The molecule has 0 spiro atoms. The third-order valence-electron chi connectivity index (χ3n) is 6.33. The Morgan fingerprint density at radius 1 is 0.833 bits per heavy atom. The SMILES string of the molecule is CC(=O)Cc1ccc(C#Cc2ccc([N+](=O)[O-])cc2N)cc1.CC(=O)Nc1ccc(-c2cc3ccc([N+](=O)[O-])cc3[nH]2)cc1.[Br][In]([Br])[Br]. The number of nitrogens with zero attached hydrogens (tertiary/aromatic N) is 2. The number of hydrogen-bond donors (Lipinski definition) is 3. The van der Waals surface area contributed by atoms with Crippen molar-refractivity contribution in [1.29, 1.82) is 0 Å². The molecule has 0 fully saturated rings. The number of hydrogen-bond acceptors (Lipinski definition) is 7. The number of non-ortho nitro benzene ring substituents is 2. The van der Waals surface area contributed by atoms with Crippen molar-refractivity contribution in [3.05, 3.63) is 128 Å². The van der Waals surface area contributed by atoms with Crippen molar-refractivity contribution in [3.63, 3.8) is 0 Å². The van der Waals surface area contributed by atoms with E-state index in [0.717, 1.165) is 39.0 Å². The summed E-state index contributed by atoms with van der Waals surface area (Å²) in [5.74, 6) is 5.83. The van der Waals surface area contributed by atoms with Crippen LogP contribution in [0.2, 0.25) is 0 Å². The van der Waals surface area contributed by atoms with E-state index in [9.17, 15) is 29.8 Å². The van der Waals surface area contributed by atoms with Crippen LogP contribution in [0.25, 0.3) is 22.2 Å². The number of amides is 1. The molecule has 4 aromatic carbocycles. The molecule has 11 nitrogen and oxygen atoms in total. The topological polar surface area (TPSA) is 174 Å². The van der Waals surface area contributed by atoms with Crippen molar-refractivity contribution >= 4 is 96.7 Å². The number of anilines is 2. The summed E-state index contributed by atoms with van der Waals surface area (Å²) in [6.45, 7) is 3.00. The molecule has 0 aliphatic carbocycles. The maximum atomic E-state index is 11.0. The first-order valence-electron chi connectivity index (χ1n) is 13.9. The molecule has 1 aromatic heterocycles. The van der Waals surface area contributed by atoms with Crippen LogP contribution in [0.5, 0.6) is 0 Å². The number of H-pyrrole nitrogens is 1. The quantitative estimate of drug-likeness (QED) is 0.0662. The number of nitrogens with two attached hydrogens (primary N) is 1. The van der Waals surface area contributed by atoms with Gasteiger partial charge in [0.1, 0.15) is 5.78 Å². The van der Waals surface area contributed by atoms with Gasteiger partial charge < -0.3 is 16.0 Å². The average molecular weight is 944 g/mol. The van der Waals surface area contributed by atoms with Crippen LogP contribution in [0, 0.1) is 32.1 Å². The second-order valence-corrected chi connectivity index (χ2v) is 54.6. The summed E-state index contributed by atoms with van der Waals surface area (Å²) in [4.78, 5) is 45.7. The van der Waals surface area contributed by atoms with Crippen LogP contribution in [0.1, 0.15) is 30.5 Å². The van der Waals surface area contributed by atoms with E-state index in [1.54, 1.807) is 13.0 Å². The van der Waals surface area contributed by atoms with E-state index >= 15 is 0 Å². The molecule has 0 aliphatic rings. The fourth-order valence-electron chi connectivity index (χ4n) is 4.23. The first-order chi connectivity index (χ1) is 22.7.